The molecule has 2 aromatic rings. The summed E-state index contributed by atoms with van der Waals surface area (Å²) in [5.74, 6) is -1.05. The number of carbonyl (C=O) groups is 2. The highest BCUT2D eigenvalue weighted by molar-refractivity contribution is 7.89. The van der Waals surface area contributed by atoms with E-state index in [1.54, 1.807) is 37.8 Å². The molecule has 2 atom stereocenters. The van der Waals surface area contributed by atoms with Gasteiger partial charge in [-0.3, -0.25) is 9.59 Å². The molecule has 172 valence electrons. The molecule has 2 aromatic carbocycles. The molecular weight excluding hydrogens is 426 g/mol. The molecule has 1 aliphatic rings. The van der Waals surface area contributed by atoms with E-state index in [9.17, 15) is 18.0 Å². The van der Waals surface area contributed by atoms with Gasteiger partial charge in [0.25, 0.3) is 0 Å². The number of rotatable bonds is 7. The van der Waals surface area contributed by atoms with Crippen molar-refractivity contribution in [2.24, 2.45) is 5.92 Å². The predicted octanol–water partition coefficient (Wildman–Crippen LogP) is 2.78. The number of hydrogen-bond donors (Lipinski definition) is 2. The fraction of sp³-hybridized carbons (Fsp3) is 0.417. The van der Waals surface area contributed by atoms with Gasteiger partial charge >= 0.3 is 0 Å². The van der Waals surface area contributed by atoms with Crippen LogP contribution in [0.2, 0.25) is 0 Å². The number of anilines is 1. The van der Waals surface area contributed by atoms with Crippen LogP contribution in [0.25, 0.3) is 0 Å². The Morgan fingerprint density at radius 3 is 2.31 bits per heavy atom. The zero-order valence-corrected chi connectivity index (χ0v) is 19.8. The number of nitrogens with zero attached hydrogens (tertiary/aromatic N) is 1. The van der Waals surface area contributed by atoms with Crippen LogP contribution in [0.3, 0.4) is 0 Å². The molecule has 8 heteroatoms. The molecule has 2 amide bonds. The summed E-state index contributed by atoms with van der Waals surface area (Å²) in [4.78, 5) is 27.9. The molecule has 0 saturated heterocycles. The minimum absolute atomic E-state index is 0.0931. The van der Waals surface area contributed by atoms with Crippen LogP contribution in [-0.2, 0) is 26.0 Å². The van der Waals surface area contributed by atoms with Gasteiger partial charge in [0, 0.05) is 12.2 Å². The van der Waals surface area contributed by atoms with Crippen LogP contribution in [0.1, 0.15) is 38.3 Å². The maximum atomic E-state index is 13.1. The van der Waals surface area contributed by atoms with Gasteiger partial charge < -0.3 is 10.2 Å². The number of para-hydroxylation sites is 1. The summed E-state index contributed by atoms with van der Waals surface area (Å²) in [7, 11) is -3.89. The van der Waals surface area contributed by atoms with E-state index in [0.717, 1.165) is 29.7 Å². The van der Waals surface area contributed by atoms with Crippen molar-refractivity contribution in [2.75, 3.05) is 11.4 Å². The number of aryl methyl sites for hydroxylation is 2. The highest BCUT2D eigenvalue weighted by Gasteiger charge is 2.32. The van der Waals surface area contributed by atoms with Crippen molar-refractivity contribution >= 4 is 27.5 Å². The van der Waals surface area contributed by atoms with Crippen molar-refractivity contribution in [3.8, 4) is 0 Å². The van der Waals surface area contributed by atoms with Gasteiger partial charge in [-0.15, -0.1) is 0 Å². The van der Waals surface area contributed by atoms with Gasteiger partial charge in [-0.2, -0.15) is 4.72 Å². The molecule has 1 heterocycles. The minimum Gasteiger partial charge on any atom is -0.343 e. The first kappa shape index (κ1) is 23.9. The molecule has 3 rings (SSSR count). The molecule has 2 N–H and O–H groups in total. The van der Waals surface area contributed by atoms with E-state index in [1.165, 1.54) is 12.1 Å². The fourth-order valence-electron chi connectivity index (χ4n) is 3.81. The van der Waals surface area contributed by atoms with E-state index in [4.69, 9.17) is 0 Å². The van der Waals surface area contributed by atoms with Crippen LogP contribution in [0.5, 0.6) is 0 Å². The number of fused-ring (bicyclic) bond motifs is 1. The van der Waals surface area contributed by atoms with E-state index in [-0.39, 0.29) is 16.7 Å². The summed E-state index contributed by atoms with van der Waals surface area (Å²) in [6.07, 6.45) is 1.77. The van der Waals surface area contributed by atoms with Gasteiger partial charge in [-0.25, -0.2) is 8.42 Å². The molecule has 0 bridgehead atoms. The Balaban J connectivity index is 1.72. The van der Waals surface area contributed by atoms with Gasteiger partial charge in [-0.1, -0.05) is 49.7 Å². The number of hydrogen-bond acceptors (Lipinski definition) is 4. The van der Waals surface area contributed by atoms with Gasteiger partial charge in [-0.05, 0) is 56.4 Å². The maximum absolute atomic E-state index is 13.1. The Labute approximate surface area is 190 Å². The Morgan fingerprint density at radius 2 is 1.66 bits per heavy atom. The normalized spacial score (nSPS) is 15.7. The van der Waals surface area contributed by atoms with Crippen molar-refractivity contribution < 1.29 is 18.0 Å². The van der Waals surface area contributed by atoms with Gasteiger partial charge in [0.1, 0.15) is 12.1 Å². The lowest BCUT2D eigenvalue weighted by molar-refractivity contribution is -0.128. The third-order valence-corrected chi connectivity index (χ3v) is 7.13. The minimum atomic E-state index is -3.89. The molecular formula is C24H31N3O4S. The Morgan fingerprint density at radius 1 is 1.00 bits per heavy atom. The Kier molecular flexibility index (Phi) is 7.36. The predicted molar refractivity (Wildman–Crippen MR) is 125 cm³/mol. The lowest BCUT2D eigenvalue weighted by Gasteiger charge is -2.32. The first-order valence-electron chi connectivity index (χ1n) is 10.9. The van der Waals surface area contributed by atoms with Gasteiger partial charge in [0.2, 0.25) is 21.8 Å². The quantitative estimate of drug-likeness (QED) is 0.668. The lowest BCUT2D eigenvalue weighted by atomic mass is 10.0. The third kappa shape index (κ3) is 5.37. The second-order valence-corrected chi connectivity index (χ2v) is 10.3. The standard InChI is InChI=1S/C24H31N3O4S/c1-16(2)22(26-32(30,31)20-13-11-17(3)12-14-20)23(28)25-18(4)24(29)27-15-7-9-19-8-5-6-10-21(19)27/h5-6,8,10-14,16,18,22,26H,7,9,15H2,1-4H3,(H,25,28). The second kappa shape index (κ2) is 9.83. The van der Waals surface area contributed by atoms with Crippen LogP contribution in [-0.4, -0.2) is 38.9 Å². The van der Waals surface area contributed by atoms with Crippen molar-refractivity contribution in [3.63, 3.8) is 0 Å². The average Bonchev–Trinajstić information content (AvgIpc) is 2.76. The second-order valence-electron chi connectivity index (χ2n) is 8.61. The summed E-state index contributed by atoms with van der Waals surface area (Å²) in [6, 6.07) is 12.4. The number of nitrogens with one attached hydrogen (secondary N) is 2. The van der Waals surface area contributed by atoms with Crippen molar-refractivity contribution in [3.05, 3.63) is 59.7 Å². The molecule has 0 fully saturated rings. The van der Waals surface area contributed by atoms with Crippen molar-refractivity contribution in [2.45, 2.75) is 57.5 Å². The highest BCUT2D eigenvalue weighted by Crippen LogP contribution is 2.27. The first-order valence-corrected chi connectivity index (χ1v) is 12.4. The number of amides is 2. The molecule has 0 radical (unpaired) electrons. The third-order valence-electron chi connectivity index (χ3n) is 5.67. The van der Waals surface area contributed by atoms with Crippen LogP contribution < -0.4 is 14.9 Å². The Hall–Kier alpha value is -2.71. The molecule has 0 aliphatic carbocycles. The van der Waals surface area contributed by atoms with Crippen LogP contribution in [0, 0.1) is 12.8 Å². The van der Waals surface area contributed by atoms with E-state index in [1.807, 2.05) is 31.2 Å². The largest absolute Gasteiger partial charge is 0.343 e. The van der Waals surface area contributed by atoms with Gasteiger partial charge in [0.15, 0.2) is 0 Å². The summed E-state index contributed by atoms with van der Waals surface area (Å²) >= 11 is 0. The summed E-state index contributed by atoms with van der Waals surface area (Å²) in [6.45, 7) is 7.60. The summed E-state index contributed by atoms with van der Waals surface area (Å²) in [5.41, 5.74) is 2.91. The fourth-order valence-corrected chi connectivity index (χ4v) is 5.15. The molecule has 32 heavy (non-hydrogen) atoms. The van der Waals surface area contributed by atoms with Crippen LogP contribution in [0.15, 0.2) is 53.4 Å². The van der Waals surface area contributed by atoms with Crippen LogP contribution >= 0.6 is 0 Å². The molecule has 2 unspecified atom stereocenters. The molecule has 1 aliphatic heterocycles. The van der Waals surface area contributed by atoms with Crippen molar-refractivity contribution in [1.29, 1.82) is 0 Å². The molecule has 0 spiro atoms. The van der Waals surface area contributed by atoms with E-state index < -0.39 is 28.0 Å². The zero-order valence-electron chi connectivity index (χ0n) is 19.0. The average molecular weight is 458 g/mol. The zero-order chi connectivity index (χ0) is 23.5. The molecule has 0 saturated carbocycles. The topological polar surface area (TPSA) is 95.6 Å². The molecule has 7 nitrogen and oxygen atoms in total. The van der Waals surface area contributed by atoms with E-state index >= 15 is 0 Å². The van der Waals surface area contributed by atoms with Gasteiger partial charge in [0.05, 0.1) is 4.90 Å². The summed E-state index contributed by atoms with van der Waals surface area (Å²) in [5, 5.41) is 2.72. The highest BCUT2D eigenvalue weighted by atomic mass is 32.2. The Bertz CT molecular complexity index is 1080. The summed E-state index contributed by atoms with van der Waals surface area (Å²) < 4.78 is 28.1. The smallest absolute Gasteiger partial charge is 0.249 e. The van der Waals surface area contributed by atoms with Crippen LogP contribution in [0.4, 0.5) is 5.69 Å². The molecule has 0 aromatic heterocycles. The first-order chi connectivity index (χ1) is 15.1. The monoisotopic (exact) mass is 457 g/mol. The van der Waals surface area contributed by atoms with Crippen molar-refractivity contribution in [1.82, 2.24) is 10.0 Å². The van der Waals surface area contributed by atoms with E-state index in [0.29, 0.717) is 6.54 Å². The maximum Gasteiger partial charge on any atom is 0.249 e. The van der Waals surface area contributed by atoms with E-state index in [2.05, 4.69) is 10.0 Å². The lowest BCUT2D eigenvalue weighted by Crippen LogP contribution is -2.55. The number of sulfonamides is 1. The SMILES string of the molecule is Cc1ccc(S(=O)(=O)NC(C(=O)NC(C)C(=O)N2CCCc3ccccc32)C(C)C)cc1. The number of carbonyl (C=O) groups excluding carboxylic acids is 2. The number of benzene rings is 2.